The number of nitrogens with zero attached hydrogens (tertiary/aromatic N) is 2. The average molecular weight is 370 g/mol. The largest absolute Gasteiger partial charge is 0.497 e. The van der Waals surface area contributed by atoms with Crippen LogP contribution in [0.1, 0.15) is 56.6 Å². The fourth-order valence-corrected chi connectivity index (χ4v) is 4.56. The molecule has 4 rings (SSSR count). The standard InChI is InChI=1S/C22H30N2O3/c1-27-19-6-4-5-18(15-19)20-7-2-3-12-24(20)22(26)17-10-13-23(14-11-17)21(25)16-8-9-16/h4-6,15-17,20H,2-3,7-14H2,1H3/t20-/m1/s1. The second kappa shape index (κ2) is 7.91. The molecule has 1 aliphatic carbocycles. The SMILES string of the molecule is COc1cccc([C@H]2CCCCN2C(=O)C2CCN(C(=O)C3CC3)CC2)c1. The van der Waals surface area contributed by atoms with Crippen LogP contribution in [-0.4, -0.2) is 48.4 Å². The monoisotopic (exact) mass is 370 g/mol. The predicted octanol–water partition coefficient (Wildman–Crippen LogP) is 3.40. The van der Waals surface area contributed by atoms with Crippen molar-refractivity contribution in [2.75, 3.05) is 26.7 Å². The molecule has 0 bridgehead atoms. The van der Waals surface area contributed by atoms with Crippen molar-refractivity contribution in [3.05, 3.63) is 29.8 Å². The number of piperidine rings is 2. The number of amides is 2. The summed E-state index contributed by atoms with van der Waals surface area (Å²) in [6.45, 7) is 2.31. The Morgan fingerprint density at radius 2 is 1.67 bits per heavy atom. The lowest BCUT2D eigenvalue weighted by molar-refractivity contribution is -0.144. The van der Waals surface area contributed by atoms with E-state index in [9.17, 15) is 9.59 Å². The van der Waals surface area contributed by atoms with E-state index in [-0.39, 0.29) is 23.8 Å². The Labute approximate surface area is 161 Å². The van der Waals surface area contributed by atoms with Crippen LogP contribution in [0.25, 0.3) is 0 Å². The Hall–Kier alpha value is -2.04. The van der Waals surface area contributed by atoms with Gasteiger partial charge in [-0.15, -0.1) is 0 Å². The molecular formula is C22H30N2O3. The van der Waals surface area contributed by atoms with E-state index in [4.69, 9.17) is 4.74 Å². The van der Waals surface area contributed by atoms with Gasteiger partial charge in [0.05, 0.1) is 13.2 Å². The zero-order chi connectivity index (χ0) is 18.8. The van der Waals surface area contributed by atoms with Crippen molar-refractivity contribution in [1.29, 1.82) is 0 Å². The summed E-state index contributed by atoms with van der Waals surface area (Å²) in [4.78, 5) is 29.6. The van der Waals surface area contributed by atoms with Gasteiger partial charge in [-0.2, -0.15) is 0 Å². The number of benzene rings is 1. The van der Waals surface area contributed by atoms with Crippen molar-refractivity contribution < 1.29 is 14.3 Å². The third kappa shape index (κ3) is 3.97. The van der Waals surface area contributed by atoms with Gasteiger partial charge in [-0.25, -0.2) is 0 Å². The van der Waals surface area contributed by atoms with E-state index in [0.29, 0.717) is 5.91 Å². The molecule has 2 aliphatic heterocycles. The molecule has 1 saturated carbocycles. The summed E-state index contributed by atoms with van der Waals surface area (Å²) < 4.78 is 5.38. The van der Waals surface area contributed by atoms with Gasteiger partial charge < -0.3 is 14.5 Å². The van der Waals surface area contributed by atoms with Crippen LogP contribution in [0, 0.1) is 11.8 Å². The van der Waals surface area contributed by atoms with Crippen LogP contribution in [0.4, 0.5) is 0 Å². The zero-order valence-electron chi connectivity index (χ0n) is 16.2. The first-order valence-electron chi connectivity index (χ1n) is 10.4. The molecule has 0 aromatic heterocycles. The van der Waals surface area contributed by atoms with Crippen molar-refractivity contribution >= 4 is 11.8 Å². The highest BCUT2D eigenvalue weighted by atomic mass is 16.5. The lowest BCUT2D eigenvalue weighted by Crippen LogP contribution is -2.47. The number of rotatable bonds is 4. The normalized spacial score (nSPS) is 24.0. The van der Waals surface area contributed by atoms with Gasteiger partial charge in [0.1, 0.15) is 5.75 Å². The van der Waals surface area contributed by atoms with E-state index < -0.39 is 0 Å². The molecule has 5 heteroatoms. The van der Waals surface area contributed by atoms with Crippen LogP contribution < -0.4 is 4.74 Å². The maximum atomic E-state index is 13.3. The van der Waals surface area contributed by atoms with Crippen LogP contribution in [0.5, 0.6) is 5.75 Å². The second-order valence-electron chi connectivity index (χ2n) is 8.19. The number of hydrogen-bond donors (Lipinski definition) is 0. The topological polar surface area (TPSA) is 49.9 Å². The molecule has 146 valence electrons. The van der Waals surface area contributed by atoms with Gasteiger partial charge in [-0.3, -0.25) is 9.59 Å². The van der Waals surface area contributed by atoms with Crippen molar-refractivity contribution in [2.45, 2.75) is 51.0 Å². The Kier molecular flexibility index (Phi) is 5.37. The van der Waals surface area contributed by atoms with Crippen molar-refractivity contribution in [2.24, 2.45) is 11.8 Å². The molecule has 1 aromatic carbocycles. The molecule has 0 spiro atoms. The molecule has 0 radical (unpaired) electrons. The van der Waals surface area contributed by atoms with Crippen molar-refractivity contribution in [3.8, 4) is 5.75 Å². The minimum atomic E-state index is 0.0551. The summed E-state index contributed by atoms with van der Waals surface area (Å²) in [5.41, 5.74) is 1.17. The molecule has 3 aliphatic rings. The Bertz CT molecular complexity index is 693. The molecule has 2 heterocycles. The molecule has 3 fully saturated rings. The maximum absolute atomic E-state index is 13.3. The summed E-state index contributed by atoms with van der Waals surface area (Å²) in [6, 6.07) is 8.27. The minimum Gasteiger partial charge on any atom is -0.497 e. The summed E-state index contributed by atoms with van der Waals surface area (Å²) in [5, 5.41) is 0. The number of carbonyl (C=O) groups excluding carboxylic acids is 2. The molecule has 2 amide bonds. The number of ether oxygens (including phenoxy) is 1. The first kappa shape index (κ1) is 18.3. The highest BCUT2D eigenvalue weighted by Crippen LogP contribution is 2.36. The third-order valence-electron chi connectivity index (χ3n) is 6.35. The summed E-state index contributed by atoms with van der Waals surface area (Å²) in [5.74, 6) is 1.77. The summed E-state index contributed by atoms with van der Waals surface area (Å²) in [7, 11) is 1.68. The Morgan fingerprint density at radius 1 is 0.926 bits per heavy atom. The van der Waals surface area contributed by atoms with Gasteiger partial charge >= 0.3 is 0 Å². The highest BCUT2D eigenvalue weighted by molar-refractivity contribution is 5.82. The Morgan fingerprint density at radius 3 is 2.37 bits per heavy atom. The summed E-state index contributed by atoms with van der Waals surface area (Å²) in [6.07, 6.45) is 6.95. The van der Waals surface area contributed by atoms with Crippen molar-refractivity contribution in [3.63, 3.8) is 0 Å². The van der Waals surface area contributed by atoms with E-state index in [2.05, 4.69) is 17.0 Å². The smallest absolute Gasteiger partial charge is 0.226 e. The van der Waals surface area contributed by atoms with E-state index >= 15 is 0 Å². The van der Waals surface area contributed by atoms with Gasteiger partial charge in [0.25, 0.3) is 0 Å². The summed E-state index contributed by atoms with van der Waals surface area (Å²) >= 11 is 0. The molecule has 0 N–H and O–H groups in total. The molecule has 27 heavy (non-hydrogen) atoms. The number of methoxy groups -OCH3 is 1. The lowest BCUT2D eigenvalue weighted by Gasteiger charge is -2.40. The number of hydrogen-bond acceptors (Lipinski definition) is 3. The molecular weight excluding hydrogens is 340 g/mol. The van der Waals surface area contributed by atoms with Crippen LogP contribution in [0.15, 0.2) is 24.3 Å². The van der Waals surface area contributed by atoms with Gasteiger partial charge in [-0.05, 0) is 62.6 Å². The highest BCUT2D eigenvalue weighted by Gasteiger charge is 2.38. The molecule has 2 saturated heterocycles. The van der Waals surface area contributed by atoms with Crippen LogP contribution in [0.3, 0.4) is 0 Å². The second-order valence-corrected chi connectivity index (χ2v) is 8.19. The van der Waals surface area contributed by atoms with Gasteiger partial charge in [0.15, 0.2) is 0 Å². The molecule has 1 atom stereocenters. The fraction of sp³-hybridized carbons (Fsp3) is 0.636. The quantitative estimate of drug-likeness (QED) is 0.816. The third-order valence-corrected chi connectivity index (χ3v) is 6.35. The van der Waals surface area contributed by atoms with Crippen LogP contribution in [-0.2, 0) is 9.59 Å². The molecule has 5 nitrogen and oxygen atoms in total. The minimum absolute atomic E-state index is 0.0551. The first-order valence-corrected chi connectivity index (χ1v) is 10.4. The first-order chi connectivity index (χ1) is 13.2. The van der Waals surface area contributed by atoms with E-state index in [1.807, 2.05) is 17.0 Å². The van der Waals surface area contributed by atoms with E-state index in [0.717, 1.165) is 70.3 Å². The zero-order valence-corrected chi connectivity index (χ0v) is 16.2. The average Bonchev–Trinajstić information content (AvgIpc) is 3.58. The van der Waals surface area contributed by atoms with Crippen molar-refractivity contribution in [1.82, 2.24) is 9.80 Å². The number of likely N-dealkylation sites (tertiary alicyclic amines) is 2. The number of carbonyl (C=O) groups is 2. The lowest BCUT2D eigenvalue weighted by atomic mass is 9.90. The van der Waals surface area contributed by atoms with Gasteiger partial charge in [0.2, 0.25) is 11.8 Å². The van der Waals surface area contributed by atoms with E-state index in [1.54, 1.807) is 7.11 Å². The van der Waals surface area contributed by atoms with Crippen LogP contribution in [0.2, 0.25) is 0 Å². The van der Waals surface area contributed by atoms with E-state index in [1.165, 1.54) is 5.56 Å². The maximum Gasteiger partial charge on any atom is 0.226 e. The predicted molar refractivity (Wildman–Crippen MR) is 103 cm³/mol. The van der Waals surface area contributed by atoms with Crippen LogP contribution >= 0.6 is 0 Å². The van der Waals surface area contributed by atoms with Gasteiger partial charge in [-0.1, -0.05) is 12.1 Å². The van der Waals surface area contributed by atoms with Gasteiger partial charge in [0, 0.05) is 31.5 Å². The molecule has 0 unspecified atom stereocenters. The Balaban J connectivity index is 1.42. The molecule has 1 aromatic rings. The fourth-order valence-electron chi connectivity index (χ4n) is 4.56.